The molecule has 0 spiro atoms. The normalized spacial score (nSPS) is 17.8. The number of nitrogens with one attached hydrogen (secondary N) is 1. The fraction of sp³-hybridized carbons (Fsp3) is 0.647. The lowest BCUT2D eigenvalue weighted by Gasteiger charge is -2.23. The van der Waals surface area contributed by atoms with Gasteiger partial charge in [-0.2, -0.15) is 0 Å². The van der Waals surface area contributed by atoms with E-state index in [1.807, 2.05) is 19.3 Å². The molecule has 2 rings (SSSR count). The minimum atomic E-state index is 0.0746. The van der Waals surface area contributed by atoms with Gasteiger partial charge in [0.1, 0.15) is 0 Å². The van der Waals surface area contributed by atoms with E-state index < -0.39 is 0 Å². The van der Waals surface area contributed by atoms with Gasteiger partial charge in [-0.1, -0.05) is 19.9 Å². The first-order valence-corrected chi connectivity index (χ1v) is 8.13. The Labute approximate surface area is 133 Å². The van der Waals surface area contributed by atoms with Crippen LogP contribution in [0.1, 0.15) is 33.1 Å². The van der Waals surface area contributed by atoms with Gasteiger partial charge in [0.2, 0.25) is 5.56 Å². The fourth-order valence-electron chi connectivity index (χ4n) is 2.88. The van der Waals surface area contributed by atoms with E-state index in [4.69, 9.17) is 0 Å². The molecule has 1 fully saturated rings. The number of hydrogen-bond donors (Lipinski definition) is 1. The molecule has 1 saturated heterocycles. The zero-order valence-electron chi connectivity index (χ0n) is 14.0. The van der Waals surface area contributed by atoms with Crippen molar-refractivity contribution < 1.29 is 0 Å². The highest BCUT2D eigenvalue weighted by Gasteiger charge is 2.30. The van der Waals surface area contributed by atoms with Crippen LogP contribution in [0.2, 0.25) is 0 Å². The Morgan fingerprint density at radius 1 is 1.36 bits per heavy atom. The lowest BCUT2D eigenvalue weighted by Crippen LogP contribution is -2.41. The van der Waals surface area contributed by atoms with Gasteiger partial charge in [0.15, 0.2) is 5.96 Å². The second-order valence-electron chi connectivity index (χ2n) is 6.75. The first-order valence-electron chi connectivity index (χ1n) is 8.13. The summed E-state index contributed by atoms with van der Waals surface area (Å²) in [6, 6.07) is 5.29. The Morgan fingerprint density at radius 3 is 2.82 bits per heavy atom. The van der Waals surface area contributed by atoms with Gasteiger partial charge in [0.05, 0.1) is 0 Å². The molecule has 5 nitrogen and oxygen atoms in total. The van der Waals surface area contributed by atoms with Crippen LogP contribution in [0.3, 0.4) is 0 Å². The molecule has 0 bridgehead atoms. The molecule has 2 heterocycles. The van der Waals surface area contributed by atoms with Crippen molar-refractivity contribution in [2.75, 3.05) is 26.7 Å². The number of hydrogen-bond acceptors (Lipinski definition) is 2. The number of pyridine rings is 1. The summed E-state index contributed by atoms with van der Waals surface area (Å²) in [4.78, 5) is 18.3. The van der Waals surface area contributed by atoms with Gasteiger partial charge in [0, 0.05) is 45.5 Å². The number of unbranched alkanes of at least 4 members (excludes halogenated alkanes) is 1. The standard InChI is InChI=1S/C17H28N4O/c1-17(2)9-13-21(14-17)16(18-3)19-10-5-7-12-20-11-6-4-8-15(20)22/h4,6,8,11H,5,7,9-10,12-14H2,1-3H3,(H,18,19). The van der Waals surface area contributed by atoms with Crippen LogP contribution in [0.15, 0.2) is 34.2 Å². The van der Waals surface area contributed by atoms with Gasteiger partial charge in [-0.25, -0.2) is 0 Å². The molecule has 1 aromatic rings. The zero-order chi connectivity index (χ0) is 16.0. The van der Waals surface area contributed by atoms with Crippen molar-refractivity contribution in [1.82, 2.24) is 14.8 Å². The van der Waals surface area contributed by atoms with Crippen molar-refractivity contribution in [3.05, 3.63) is 34.7 Å². The van der Waals surface area contributed by atoms with Crippen LogP contribution in [0.25, 0.3) is 0 Å². The molecular formula is C17H28N4O. The number of rotatable bonds is 5. The first-order chi connectivity index (χ1) is 10.5. The second-order valence-corrected chi connectivity index (χ2v) is 6.75. The van der Waals surface area contributed by atoms with E-state index >= 15 is 0 Å². The largest absolute Gasteiger partial charge is 0.356 e. The van der Waals surface area contributed by atoms with E-state index in [0.717, 1.165) is 45.0 Å². The third kappa shape index (κ3) is 4.61. The van der Waals surface area contributed by atoms with Crippen molar-refractivity contribution in [2.24, 2.45) is 10.4 Å². The van der Waals surface area contributed by atoms with E-state index in [2.05, 4.69) is 29.1 Å². The summed E-state index contributed by atoms with van der Waals surface area (Å²) in [5, 5.41) is 3.44. The summed E-state index contributed by atoms with van der Waals surface area (Å²) in [5.41, 5.74) is 0.456. The molecular weight excluding hydrogens is 276 g/mol. The van der Waals surface area contributed by atoms with E-state index in [1.54, 1.807) is 16.7 Å². The molecule has 0 aromatic carbocycles. The van der Waals surface area contributed by atoms with Crippen LogP contribution < -0.4 is 10.9 Å². The molecule has 5 heteroatoms. The summed E-state index contributed by atoms with van der Waals surface area (Å²) in [5.74, 6) is 1.00. The maximum atomic E-state index is 11.6. The first kappa shape index (κ1) is 16.6. The highest BCUT2D eigenvalue weighted by Crippen LogP contribution is 2.28. The summed E-state index contributed by atoms with van der Waals surface area (Å²) < 4.78 is 1.76. The van der Waals surface area contributed by atoms with E-state index in [-0.39, 0.29) is 5.56 Å². The molecule has 0 saturated carbocycles. The van der Waals surface area contributed by atoms with Gasteiger partial charge < -0.3 is 14.8 Å². The molecule has 0 amide bonds. The number of aromatic nitrogens is 1. The van der Waals surface area contributed by atoms with Crippen LogP contribution >= 0.6 is 0 Å². The molecule has 122 valence electrons. The van der Waals surface area contributed by atoms with Crippen LogP contribution in [0.4, 0.5) is 0 Å². The van der Waals surface area contributed by atoms with Crippen molar-refractivity contribution in [2.45, 2.75) is 39.7 Å². The average molecular weight is 304 g/mol. The predicted octanol–water partition coefficient (Wildman–Crippen LogP) is 1.94. The molecule has 0 aliphatic carbocycles. The minimum absolute atomic E-state index is 0.0746. The summed E-state index contributed by atoms with van der Waals surface area (Å²) in [7, 11) is 1.84. The lowest BCUT2D eigenvalue weighted by atomic mass is 9.93. The second kappa shape index (κ2) is 7.47. The summed E-state index contributed by atoms with van der Waals surface area (Å²) in [6.45, 7) is 8.41. The smallest absolute Gasteiger partial charge is 0.250 e. The average Bonchev–Trinajstić information content (AvgIpc) is 2.84. The summed E-state index contributed by atoms with van der Waals surface area (Å²) in [6.07, 6.45) is 5.07. The highest BCUT2D eigenvalue weighted by molar-refractivity contribution is 5.80. The van der Waals surface area contributed by atoms with E-state index in [9.17, 15) is 4.79 Å². The predicted molar refractivity (Wildman–Crippen MR) is 91.3 cm³/mol. The molecule has 1 aliphatic rings. The molecule has 1 aliphatic heterocycles. The quantitative estimate of drug-likeness (QED) is 0.514. The van der Waals surface area contributed by atoms with Crippen molar-refractivity contribution in [3.63, 3.8) is 0 Å². The van der Waals surface area contributed by atoms with Gasteiger partial charge in [0.25, 0.3) is 0 Å². The SMILES string of the molecule is CN=C(NCCCCn1ccccc1=O)N1CCC(C)(C)C1. The van der Waals surface area contributed by atoms with Gasteiger partial charge in [-0.15, -0.1) is 0 Å². The molecule has 1 N–H and O–H groups in total. The number of aryl methyl sites for hydroxylation is 1. The van der Waals surface area contributed by atoms with Crippen LogP contribution in [-0.4, -0.2) is 42.1 Å². The molecule has 1 aromatic heterocycles. The Kier molecular flexibility index (Phi) is 5.63. The Balaban J connectivity index is 1.70. The van der Waals surface area contributed by atoms with E-state index in [1.165, 1.54) is 6.42 Å². The maximum Gasteiger partial charge on any atom is 0.250 e. The van der Waals surface area contributed by atoms with Gasteiger partial charge in [-0.3, -0.25) is 9.79 Å². The lowest BCUT2D eigenvalue weighted by molar-refractivity contribution is 0.370. The van der Waals surface area contributed by atoms with E-state index in [0.29, 0.717) is 5.41 Å². The maximum absolute atomic E-state index is 11.6. The number of nitrogens with zero attached hydrogens (tertiary/aromatic N) is 3. The summed E-state index contributed by atoms with van der Waals surface area (Å²) >= 11 is 0. The molecule has 0 atom stereocenters. The minimum Gasteiger partial charge on any atom is -0.356 e. The third-order valence-corrected chi connectivity index (χ3v) is 4.20. The van der Waals surface area contributed by atoms with Gasteiger partial charge in [-0.05, 0) is 30.7 Å². The fourth-order valence-corrected chi connectivity index (χ4v) is 2.88. The molecule has 22 heavy (non-hydrogen) atoms. The monoisotopic (exact) mass is 304 g/mol. The van der Waals surface area contributed by atoms with Crippen molar-refractivity contribution in [3.8, 4) is 0 Å². The highest BCUT2D eigenvalue weighted by atomic mass is 16.1. The Bertz CT molecular complexity index is 562. The third-order valence-electron chi connectivity index (χ3n) is 4.20. The van der Waals surface area contributed by atoms with Crippen molar-refractivity contribution in [1.29, 1.82) is 0 Å². The number of guanidine groups is 1. The number of aliphatic imine (C=N–C) groups is 1. The van der Waals surface area contributed by atoms with Crippen molar-refractivity contribution >= 4 is 5.96 Å². The Morgan fingerprint density at radius 2 is 2.18 bits per heavy atom. The molecule has 0 unspecified atom stereocenters. The molecule has 0 radical (unpaired) electrons. The Hall–Kier alpha value is -1.78. The van der Waals surface area contributed by atoms with Crippen LogP contribution in [0, 0.1) is 5.41 Å². The topological polar surface area (TPSA) is 49.6 Å². The van der Waals surface area contributed by atoms with Crippen LogP contribution in [0.5, 0.6) is 0 Å². The number of likely N-dealkylation sites (tertiary alicyclic amines) is 1. The zero-order valence-corrected chi connectivity index (χ0v) is 14.0. The van der Waals surface area contributed by atoms with Gasteiger partial charge >= 0.3 is 0 Å². The van der Waals surface area contributed by atoms with Crippen LogP contribution in [-0.2, 0) is 6.54 Å².